The average molecular weight is 343 g/mol. The van der Waals surface area contributed by atoms with E-state index in [-0.39, 0.29) is 18.3 Å². The summed E-state index contributed by atoms with van der Waals surface area (Å²) in [5, 5.41) is 13.7. The molecule has 1 aromatic carbocycles. The molecule has 2 N–H and O–H groups in total. The molecule has 7 heteroatoms. The van der Waals surface area contributed by atoms with Crippen LogP contribution >= 0.6 is 11.6 Å². The molecule has 0 aliphatic rings. The van der Waals surface area contributed by atoms with Crippen LogP contribution < -0.4 is 10.1 Å². The molecule has 0 spiro atoms. The number of alkyl halides is 2. The van der Waals surface area contributed by atoms with Gasteiger partial charge in [-0.05, 0) is 30.7 Å². The minimum Gasteiger partial charge on any atom is -0.435 e. The van der Waals surface area contributed by atoms with Crippen molar-refractivity contribution in [3.8, 4) is 5.75 Å². The minimum absolute atomic E-state index is 0.0550. The van der Waals surface area contributed by atoms with Crippen LogP contribution in [-0.4, -0.2) is 23.2 Å². The molecule has 2 rings (SSSR count). The zero-order chi connectivity index (χ0) is 16.8. The SMILES string of the molecule is CC(NCC(O)c1ccc(OC(F)F)cc1)c1cccnc1Cl. The highest BCUT2D eigenvalue weighted by Gasteiger charge is 2.13. The molecule has 4 nitrogen and oxygen atoms in total. The molecule has 0 radical (unpaired) electrons. The molecule has 0 bridgehead atoms. The van der Waals surface area contributed by atoms with Crippen LogP contribution in [0.4, 0.5) is 8.78 Å². The predicted octanol–water partition coefficient (Wildman–Crippen LogP) is 3.72. The van der Waals surface area contributed by atoms with E-state index in [1.54, 1.807) is 24.4 Å². The fourth-order valence-electron chi connectivity index (χ4n) is 2.11. The van der Waals surface area contributed by atoms with Crippen LogP contribution in [0, 0.1) is 0 Å². The van der Waals surface area contributed by atoms with Crippen molar-refractivity contribution in [2.45, 2.75) is 25.7 Å². The molecule has 124 valence electrons. The first-order chi connectivity index (χ1) is 11.0. The summed E-state index contributed by atoms with van der Waals surface area (Å²) in [4.78, 5) is 4.01. The first-order valence-electron chi connectivity index (χ1n) is 7.04. The molecule has 0 aliphatic carbocycles. The lowest BCUT2D eigenvalue weighted by Gasteiger charge is -2.18. The van der Waals surface area contributed by atoms with Gasteiger partial charge >= 0.3 is 6.61 Å². The molecule has 0 fully saturated rings. The molecular formula is C16H17ClF2N2O2. The van der Waals surface area contributed by atoms with Gasteiger partial charge in [0, 0.05) is 24.3 Å². The van der Waals surface area contributed by atoms with E-state index in [0.717, 1.165) is 5.56 Å². The number of hydrogen-bond donors (Lipinski definition) is 2. The summed E-state index contributed by atoms with van der Waals surface area (Å²) in [5.41, 5.74) is 1.44. The quantitative estimate of drug-likeness (QED) is 0.753. The number of hydrogen-bond acceptors (Lipinski definition) is 4. The Kier molecular flexibility index (Phi) is 6.27. The van der Waals surface area contributed by atoms with E-state index in [0.29, 0.717) is 10.7 Å². The number of benzene rings is 1. The largest absolute Gasteiger partial charge is 0.435 e. The van der Waals surface area contributed by atoms with Crippen LogP contribution in [0.3, 0.4) is 0 Å². The summed E-state index contributed by atoms with van der Waals surface area (Å²) >= 11 is 6.02. The van der Waals surface area contributed by atoms with Crippen molar-refractivity contribution in [3.63, 3.8) is 0 Å². The number of ether oxygens (including phenoxy) is 1. The lowest BCUT2D eigenvalue weighted by atomic mass is 10.1. The fourth-order valence-corrected chi connectivity index (χ4v) is 2.39. The molecule has 0 amide bonds. The molecule has 2 aromatic rings. The van der Waals surface area contributed by atoms with E-state index < -0.39 is 12.7 Å². The predicted molar refractivity (Wildman–Crippen MR) is 83.7 cm³/mol. The van der Waals surface area contributed by atoms with Crippen LogP contribution in [0.5, 0.6) is 5.75 Å². The van der Waals surface area contributed by atoms with Crippen LogP contribution in [0.1, 0.15) is 30.2 Å². The highest BCUT2D eigenvalue weighted by Crippen LogP contribution is 2.22. The van der Waals surface area contributed by atoms with Crippen molar-refractivity contribution in [1.29, 1.82) is 0 Å². The van der Waals surface area contributed by atoms with Crippen molar-refractivity contribution >= 4 is 11.6 Å². The van der Waals surface area contributed by atoms with Gasteiger partial charge in [0.2, 0.25) is 0 Å². The standard InChI is InChI=1S/C16H17ClF2N2O2/c1-10(13-3-2-8-20-15(13)17)21-9-14(22)11-4-6-12(7-5-11)23-16(18)19/h2-8,10,14,16,21-22H,9H2,1H3. The van der Waals surface area contributed by atoms with Crippen molar-refractivity contribution in [2.75, 3.05) is 6.54 Å². The third kappa shape index (κ3) is 5.13. The number of nitrogens with zero attached hydrogens (tertiary/aromatic N) is 1. The van der Waals surface area contributed by atoms with E-state index in [1.165, 1.54) is 12.1 Å². The summed E-state index contributed by atoms with van der Waals surface area (Å²) in [6.45, 7) is -0.672. The first kappa shape index (κ1) is 17.6. The Morgan fingerprint density at radius 2 is 1.96 bits per heavy atom. The maximum atomic E-state index is 12.1. The molecule has 1 heterocycles. The zero-order valence-electron chi connectivity index (χ0n) is 12.4. The van der Waals surface area contributed by atoms with Crippen molar-refractivity contribution in [2.24, 2.45) is 0 Å². The summed E-state index contributed by atoms with van der Waals surface area (Å²) in [5.74, 6) is 0.0550. The summed E-state index contributed by atoms with van der Waals surface area (Å²) in [7, 11) is 0. The number of rotatable bonds is 7. The maximum Gasteiger partial charge on any atom is 0.387 e. The van der Waals surface area contributed by atoms with E-state index in [4.69, 9.17) is 11.6 Å². The Bertz CT molecular complexity index is 626. The van der Waals surface area contributed by atoms with Crippen LogP contribution in [0.15, 0.2) is 42.6 Å². The Morgan fingerprint density at radius 1 is 1.26 bits per heavy atom. The monoisotopic (exact) mass is 342 g/mol. The Balaban J connectivity index is 1.91. The van der Waals surface area contributed by atoms with Gasteiger partial charge in [-0.2, -0.15) is 8.78 Å². The molecule has 0 aliphatic heterocycles. The van der Waals surface area contributed by atoms with Crippen LogP contribution in [0.2, 0.25) is 5.15 Å². The van der Waals surface area contributed by atoms with Crippen molar-refractivity contribution in [1.82, 2.24) is 10.3 Å². The summed E-state index contributed by atoms with van der Waals surface area (Å²) in [6.07, 6.45) is 0.824. The maximum absolute atomic E-state index is 12.1. The van der Waals surface area contributed by atoms with Gasteiger partial charge in [-0.25, -0.2) is 4.98 Å². The van der Waals surface area contributed by atoms with E-state index in [2.05, 4.69) is 15.0 Å². The normalized spacial score (nSPS) is 13.8. The van der Waals surface area contributed by atoms with Gasteiger partial charge in [0.1, 0.15) is 10.9 Å². The Labute approximate surface area is 138 Å². The first-order valence-corrected chi connectivity index (χ1v) is 7.42. The van der Waals surface area contributed by atoms with E-state index in [9.17, 15) is 13.9 Å². The molecular weight excluding hydrogens is 326 g/mol. The van der Waals surface area contributed by atoms with Gasteiger partial charge in [-0.3, -0.25) is 0 Å². The third-order valence-corrected chi connectivity index (χ3v) is 3.68. The van der Waals surface area contributed by atoms with Crippen molar-refractivity contribution in [3.05, 3.63) is 58.9 Å². The molecule has 2 unspecified atom stereocenters. The molecule has 23 heavy (non-hydrogen) atoms. The number of aromatic nitrogens is 1. The lowest BCUT2D eigenvalue weighted by Crippen LogP contribution is -2.25. The summed E-state index contributed by atoms with van der Waals surface area (Å²) in [6, 6.07) is 9.44. The van der Waals surface area contributed by atoms with Gasteiger partial charge in [0.25, 0.3) is 0 Å². The number of aliphatic hydroxyl groups excluding tert-OH is 1. The second-order valence-electron chi connectivity index (χ2n) is 4.98. The van der Waals surface area contributed by atoms with Crippen molar-refractivity contribution < 1.29 is 18.6 Å². The number of aliphatic hydroxyl groups is 1. The Hall–Kier alpha value is -1.76. The van der Waals surface area contributed by atoms with Crippen LogP contribution in [-0.2, 0) is 0 Å². The molecule has 1 aromatic heterocycles. The average Bonchev–Trinajstić information content (AvgIpc) is 2.53. The highest BCUT2D eigenvalue weighted by molar-refractivity contribution is 6.30. The number of halogens is 3. The second-order valence-corrected chi connectivity index (χ2v) is 5.33. The zero-order valence-corrected chi connectivity index (χ0v) is 13.2. The van der Waals surface area contributed by atoms with Crippen LogP contribution in [0.25, 0.3) is 0 Å². The van der Waals surface area contributed by atoms with Gasteiger partial charge in [0.15, 0.2) is 0 Å². The molecule has 2 atom stereocenters. The molecule has 0 saturated carbocycles. The smallest absolute Gasteiger partial charge is 0.387 e. The van der Waals surface area contributed by atoms with E-state index in [1.807, 2.05) is 13.0 Å². The molecule has 0 saturated heterocycles. The Morgan fingerprint density at radius 3 is 2.57 bits per heavy atom. The van der Waals surface area contributed by atoms with Gasteiger partial charge in [0.05, 0.1) is 6.10 Å². The lowest BCUT2D eigenvalue weighted by molar-refractivity contribution is -0.0498. The minimum atomic E-state index is -2.86. The number of pyridine rings is 1. The van der Waals surface area contributed by atoms with E-state index >= 15 is 0 Å². The van der Waals surface area contributed by atoms with Gasteiger partial charge < -0.3 is 15.2 Å². The highest BCUT2D eigenvalue weighted by atomic mass is 35.5. The second kappa shape index (κ2) is 8.19. The third-order valence-electron chi connectivity index (χ3n) is 3.36. The van der Waals surface area contributed by atoms with Gasteiger partial charge in [-0.1, -0.05) is 29.8 Å². The number of nitrogens with one attached hydrogen (secondary N) is 1. The summed E-state index contributed by atoms with van der Waals surface area (Å²) < 4.78 is 28.4. The van der Waals surface area contributed by atoms with Gasteiger partial charge in [-0.15, -0.1) is 0 Å². The fraction of sp³-hybridized carbons (Fsp3) is 0.312. The topological polar surface area (TPSA) is 54.4 Å².